The maximum Gasteiger partial charge on any atom is 0.131 e. The van der Waals surface area contributed by atoms with Crippen LogP contribution in [-0.2, 0) is 0 Å². The Morgan fingerprint density at radius 2 is 2.06 bits per heavy atom. The predicted molar refractivity (Wildman–Crippen MR) is 66.6 cm³/mol. The number of nitrogens with one attached hydrogen (secondary N) is 2. The molecule has 1 aromatic rings. The Hall–Kier alpha value is -1.32. The molecule has 16 heavy (non-hydrogen) atoms. The zero-order valence-corrected chi connectivity index (χ0v) is 10.0. The molecule has 0 atom stereocenters. The molecule has 1 heterocycles. The summed E-state index contributed by atoms with van der Waals surface area (Å²) in [4.78, 5) is 8.39. The first-order valence-electron chi connectivity index (χ1n) is 6.06. The second-order valence-corrected chi connectivity index (χ2v) is 4.77. The number of anilines is 2. The van der Waals surface area contributed by atoms with E-state index in [1.165, 1.54) is 19.3 Å². The van der Waals surface area contributed by atoms with E-state index >= 15 is 0 Å². The molecule has 0 bridgehead atoms. The largest absolute Gasteiger partial charge is 0.370 e. The van der Waals surface area contributed by atoms with Gasteiger partial charge in [0.2, 0.25) is 0 Å². The van der Waals surface area contributed by atoms with Gasteiger partial charge >= 0.3 is 0 Å². The molecule has 4 heteroatoms. The fourth-order valence-corrected chi connectivity index (χ4v) is 1.77. The summed E-state index contributed by atoms with van der Waals surface area (Å²) in [6, 6.07) is 2.37. The number of nitrogens with zero attached hydrogens (tertiary/aromatic N) is 2. The second-order valence-electron chi connectivity index (χ2n) is 4.77. The van der Waals surface area contributed by atoms with Gasteiger partial charge in [-0.2, -0.15) is 0 Å². The third kappa shape index (κ3) is 3.08. The molecule has 2 rings (SSSR count). The van der Waals surface area contributed by atoms with Crippen molar-refractivity contribution in [3.8, 4) is 0 Å². The van der Waals surface area contributed by atoms with E-state index in [-0.39, 0.29) is 0 Å². The van der Waals surface area contributed by atoms with Crippen LogP contribution in [0.15, 0.2) is 12.4 Å². The van der Waals surface area contributed by atoms with Crippen LogP contribution in [0.2, 0.25) is 0 Å². The van der Waals surface area contributed by atoms with Crippen molar-refractivity contribution in [3.05, 3.63) is 12.4 Å². The van der Waals surface area contributed by atoms with Crippen molar-refractivity contribution < 1.29 is 0 Å². The molecule has 1 aliphatic rings. The zero-order valence-electron chi connectivity index (χ0n) is 10.0. The molecule has 0 aliphatic heterocycles. The van der Waals surface area contributed by atoms with E-state index in [1.54, 1.807) is 6.33 Å². The molecule has 0 unspecified atom stereocenters. The first-order chi connectivity index (χ1) is 7.74. The molecular formula is C12H20N4. The van der Waals surface area contributed by atoms with Gasteiger partial charge in [0.25, 0.3) is 0 Å². The smallest absolute Gasteiger partial charge is 0.131 e. The number of hydrogen-bond donors (Lipinski definition) is 2. The monoisotopic (exact) mass is 220 g/mol. The second kappa shape index (κ2) is 5.14. The molecule has 1 saturated carbocycles. The number of rotatable bonds is 5. The first-order valence-corrected chi connectivity index (χ1v) is 6.06. The highest BCUT2D eigenvalue weighted by molar-refractivity contribution is 5.46. The van der Waals surface area contributed by atoms with Gasteiger partial charge in [-0.1, -0.05) is 6.42 Å². The standard InChI is InChI=1S/C12H20N4/c1-9(2)16-12-6-11(14-8-15-12)13-7-10-4-3-5-10/h6,8-10H,3-5,7H2,1-2H3,(H2,13,14,15,16). The lowest BCUT2D eigenvalue weighted by atomic mass is 9.85. The van der Waals surface area contributed by atoms with Crippen molar-refractivity contribution in [1.29, 1.82) is 0 Å². The minimum Gasteiger partial charge on any atom is -0.370 e. The van der Waals surface area contributed by atoms with Crippen LogP contribution in [0.5, 0.6) is 0 Å². The molecule has 1 aliphatic carbocycles. The zero-order chi connectivity index (χ0) is 11.4. The maximum absolute atomic E-state index is 4.21. The van der Waals surface area contributed by atoms with Crippen molar-refractivity contribution >= 4 is 11.6 Å². The van der Waals surface area contributed by atoms with Crippen molar-refractivity contribution in [2.24, 2.45) is 5.92 Å². The van der Waals surface area contributed by atoms with Crippen LogP contribution in [0.25, 0.3) is 0 Å². The Morgan fingerprint density at radius 1 is 1.31 bits per heavy atom. The van der Waals surface area contributed by atoms with Gasteiger partial charge in [0.15, 0.2) is 0 Å². The Bertz CT molecular complexity index is 334. The third-order valence-corrected chi connectivity index (χ3v) is 2.90. The minimum atomic E-state index is 0.398. The summed E-state index contributed by atoms with van der Waals surface area (Å²) < 4.78 is 0. The van der Waals surface area contributed by atoms with Crippen molar-refractivity contribution in [2.45, 2.75) is 39.2 Å². The summed E-state index contributed by atoms with van der Waals surface area (Å²) in [6.45, 7) is 5.24. The van der Waals surface area contributed by atoms with E-state index in [2.05, 4.69) is 34.4 Å². The normalized spacial score (nSPS) is 15.9. The molecular weight excluding hydrogens is 200 g/mol. The van der Waals surface area contributed by atoms with Gasteiger partial charge in [-0.25, -0.2) is 9.97 Å². The molecule has 4 nitrogen and oxygen atoms in total. The Kier molecular flexibility index (Phi) is 3.59. The van der Waals surface area contributed by atoms with E-state index in [0.29, 0.717) is 6.04 Å². The number of aromatic nitrogens is 2. The number of hydrogen-bond acceptors (Lipinski definition) is 4. The van der Waals surface area contributed by atoms with Crippen molar-refractivity contribution in [3.63, 3.8) is 0 Å². The SMILES string of the molecule is CC(C)Nc1cc(NCC2CCC2)ncn1. The molecule has 1 aromatic heterocycles. The van der Waals surface area contributed by atoms with Gasteiger partial charge in [0, 0.05) is 18.7 Å². The van der Waals surface area contributed by atoms with Crippen LogP contribution < -0.4 is 10.6 Å². The third-order valence-electron chi connectivity index (χ3n) is 2.90. The molecule has 88 valence electrons. The Morgan fingerprint density at radius 3 is 2.69 bits per heavy atom. The van der Waals surface area contributed by atoms with Crippen molar-refractivity contribution in [2.75, 3.05) is 17.2 Å². The Labute approximate surface area is 96.9 Å². The van der Waals surface area contributed by atoms with E-state index in [0.717, 1.165) is 24.1 Å². The van der Waals surface area contributed by atoms with Crippen molar-refractivity contribution in [1.82, 2.24) is 9.97 Å². The van der Waals surface area contributed by atoms with Gasteiger partial charge in [-0.3, -0.25) is 0 Å². The highest BCUT2D eigenvalue weighted by Crippen LogP contribution is 2.26. The van der Waals surface area contributed by atoms with E-state index in [1.807, 2.05) is 6.07 Å². The molecule has 0 spiro atoms. The van der Waals surface area contributed by atoms with Crippen LogP contribution in [0.1, 0.15) is 33.1 Å². The van der Waals surface area contributed by atoms with Crippen LogP contribution >= 0.6 is 0 Å². The summed E-state index contributed by atoms with van der Waals surface area (Å²) in [7, 11) is 0. The summed E-state index contributed by atoms with van der Waals surface area (Å²) in [6.07, 6.45) is 5.70. The van der Waals surface area contributed by atoms with Crippen LogP contribution in [0.4, 0.5) is 11.6 Å². The summed E-state index contributed by atoms with van der Waals surface area (Å²) >= 11 is 0. The fraction of sp³-hybridized carbons (Fsp3) is 0.667. The highest BCUT2D eigenvalue weighted by atomic mass is 15.1. The van der Waals surface area contributed by atoms with Gasteiger partial charge in [-0.05, 0) is 32.6 Å². The molecule has 0 amide bonds. The summed E-state index contributed by atoms with van der Waals surface area (Å²) in [5.41, 5.74) is 0. The van der Waals surface area contributed by atoms with E-state index in [4.69, 9.17) is 0 Å². The molecule has 1 fully saturated rings. The quantitative estimate of drug-likeness (QED) is 0.800. The fourth-order valence-electron chi connectivity index (χ4n) is 1.77. The lowest BCUT2D eigenvalue weighted by Crippen LogP contribution is -2.21. The average molecular weight is 220 g/mol. The van der Waals surface area contributed by atoms with E-state index in [9.17, 15) is 0 Å². The van der Waals surface area contributed by atoms with Gasteiger partial charge in [-0.15, -0.1) is 0 Å². The maximum atomic E-state index is 4.21. The van der Waals surface area contributed by atoms with Crippen LogP contribution in [-0.4, -0.2) is 22.6 Å². The molecule has 0 saturated heterocycles. The predicted octanol–water partition coefficient (Wildman–Crippen LogP) is 2.51. The van der Waals surface area contributed by atoms with Gasteiger partial charge in [0.05, 0.1) is 0 Å². The lowest BCUT2D eigenvalue weighted by Gasteiger charge is -2.25. The first kappa shape index (κ1) is 11.2. The molecule has 2 N–H and O–H groups in total. The summed E-state index contributed by atoms with van der Waals surface area (Å²) in [5, 5.41) is 6.64. The lowest BCUT2D eigenvalue weighted by molar-refractivity contribution is 0.333. The Balaban J connectivity index is 1.87. The highest BCUT2D eigenvalue weighted by Gasteiger charge is 2.16. The minimum absolute atomic E-state index is 0.398. The summed E-state index contributed by atoms with van der Waals surface area (Å²) in [5.74, 6) is 2.66. The average Bonchev–Trinajstić information content (AvgIpc) is 2.14. The molecule has 0 radical (unpaired) electrons. The topological polar surface area (TPSA) is 49.8 Å². The van der Waals surface area contributed by atoms with Gasteiger partial charge in [0.1, 0.15) is 18.0 Å². The van der Waals surface area contributed by atoms with Gasteiger partial charge < -0.3 is 10.6 Å². The van der Waals surface area contributed by atoms with Crippen LogP contribution in [0.3, 0.4) is 0 Å². The van der Waals surface area contributed by atoms with Crippen LogP contribution in [0, 0.1) is 5.92 Å². The van der Waals surface area contributed by atoms with E-state index < -0.39 is 0 Å². The molecule has 0 aromatic carbocycles.